The first-order chi connectivity index (χ1) is 5.33. The van der Waals surface area contributed by atoms with E-state index < -0.39 is 0 Å². The quantitative estimate of drug-likeness (QED) is 0.657. The summed E-state index contributed by atoms with van der Waals surface area (Å²) in [5.74, 6) is 0.958. The van der Waals surface area contributed by atoms with Gasteiger partial charge in [0.1, 0.15) is 0 Å². The standard InChI is InChI=1S/C9H19NO/c1-8(7-10)11-6-5-9-3-2-4-9/h8-9H,2-7,10H2,1H3. The van der Waals surface area contributed by atoms with E-state index in [4.69, 9.17) is 10.5 Å². The molecule has 2 heteroatoms. The molecule has 1 rings (SSSR count). The summed E-state index contributed by atoms with van der Waals surface area (Å²) >= 11 is 0. The minimum atomic E-state index is 0.245. The second kappa shape index (κ2) is 4.73. The summed E-state index contributed by atoms with van der Waals surface area (Å²) in [6.07, 6.45) is 5.75. The van der Waals surface area contributed by atoms with Gasteiger partial charge >= 0.3 is 0 Å². The van der Waals surface area contributed by atoms with Gasteiger partial charge in [-0.1, -0.05) is 19.3 Å². The van der Waals surface area contributed by atoms with Crippen LogP contribution in [0.25, 0.3) is 0 Å². The Hall–Kier alpha value is -0.0800. The van der Waals surface area contributed by atoms with Gasteiger partial charge in [0, 0.05) is 13.2 Å². The molecular formula is C9H19NO. The Kier molecular flexibility index (Phi) is 3.87. The van der Waals surface area contributed by atoms with Gasteiger partial charge in [0.15, 0.2) is 0 Å². The van der Waals surface area contributed by atoms with Crippen molar-refractivity contribution in [2.24, 2.45) is 11.7 Å². The summed E-state index contributed by atoms with van der Waals surface area (Å²) in [5.41, 5.74) is 5.41. The molecule has 2 N–H and O–H groups in total. The van der Waals surface area contributed by atoms with Crippen LogP contribution < -0.4 is 5.73 Å². The summed E-state index contributed by atoms with van der Waals surface area (Å²) in [6.45, 7) is 3.58. The van der Waals surface area contributed by atoms with Gasteiger partial charge in [0.2, 0.25) is 0 Å². The van der Waals surface area contributed by atoms with Crippen molar-refractivity contribution in [3.8, 4) is 0 Å². The van der Waals surface area contributed by atoms with Crippen LogP contribution >= 0.6 is 0 Å². The Bertz CT molecular complexity index is 97.0. The van der Waals surface area contributed by atoms with Gasteiger partial charge in [0.05, 0.1) is 6.10 Å². The molecule has 0 aliphatic heterocycles. The lowest BCUT2D eigenvalue weighted by molar-refractivity contribution is 0.0543. The SMILES string of the molecule is CC(CN)OCCC1CCC1. The van der Waals surface area contributed by atoms with E-state index in [0.29, 0.717) is 6.54 Å². The normalized spacial score (nSPS) is 21.3. The first kappa shape index (κ1) is 9.01. The molecule has 0 aromatic carbocycles. The van der Waals surface area contributed by atoms with Crippen LogP contribution in [0.1, 0.15) is 32.6 Å². The molecule has 0 saturated heterocycles. The van der Waals surface area contributed by atoms with Crippen LogP contribution in [0.4, 0.5) is 0 Å². The summed E-state index contributed by atoms with van der Waals surface area (Å²) in [7, 11) is 0. The lowest BCUT2D eigenvalue weighted by atomic mass is 9.83. The second-order valence-electron chi connectivity index (χ2n) is 3.50. The van der Waals surface area contributed by atoms with E-state index in [1.54, 1.807) is 0 Å². The van der Waals surface area contributed by atoms with E-state index in [1.807, 2.05) is 6.92 Å². The highest BCUT2D eigenvalue weighted by molar-refractivity contribution is 4.69. The Balaban J connectivity index is 1.86. The first-order valence-electron chi connectivity index (χ1n) is 4.64. The number of ether oxygens (including phenoxy) is 1. The maximum atomic E-state index is 5.47. The Labute approximate surface area is 69.1 Å². The molecule has 1 aliphatic rings. The number of hydrogen-bond donors (Lipinski definition) is 1. The van der Waals surface area contributed by atoms with E-state index in [0.717, 1.165) is 12.5 Å². The molecular weight excluding hydrogens is 138 g/mol. The fourth-order valence-corrected chi connectivity index (χ4v) is 1.29. The van der Waals surface area contributed by atoms with Gasteiger partial charge in [-0.3, -0.25) is 0 Å². The first-order valence-corrected chi connectivity index (χ1v) is 4.64. The Morgan fingerprint density at radius 3 is 2.73 bits per heavy atom. The zero-order valence-electron chi connectivity index (χ0n) is 7.38. The Morgan fingerprint density at radius 1 is 1.55 bits per heavy atom. The van der Waals surface area contributed by atoms with Gasteiger partial charge in [-0.25, -0.2) is 0 Å². The van der Waals surface area contributed by atoms with Gasteiger partial charge in [-0.2, -0.15) is 0 Å². The van der Waals surface area contributed by atoms with Crippen molar-refractivity contribution in [3.63, 3.8) is 0 Å². The van der Waals surface area contributed by atoms with Crippen molar-refractivity contribution < 1.29 is 4.74 Å². The van der Waals surface area contributed by atoms with E-state index in [2.05, 4.69) is 0 Å². The lowest BCUT2D eigenvalue weighted by Crippen LogP contribution is -2.22. The van der Waals surface area contributed by atoms with E-state index in [1.165, 1.54) is 25.7 Å². The predicted molar refractivity (Wildman–Crippen MR) is 46.4 cm³/mol. The lowest BCUT2D eigenvalue weighted by Gasteiger charge is -2.25. The molecule has 0 spiro atoms. The average molecular weight is 157 g/mol. The fraction of sp³-hybridized carbons (Fsp3) is 1.00. The molecule has 1 saturated carbocycles. The molecule has 0 amide bonds. The largest absolute Gasteiger partial charge is 0.377 e. The minimum absolute atomic E-state index is 0.245. The summed E-state index contributed by atoms with van der Waals surface area (Å²) in [4.78, 5) is 0. The van der Waals surface area contributed by atoms with Gasteiger partial charge in [-0.05, 0) is 19.3 Å². The van der Waals surface area contributed by atoms with Crippen LogP contribution in [0.3, 0.4) is 0 Å². The van der Waals surface area contributed by atoms with Crippen molar-refractivity contribution in [1.82, 2.24) is 0 Å². The number of hydrogen-bond acceptors (Lipinski definition) is 2. The van der Waals surface area contributed by atoms with Crippen LogP contribution in [0.2, 0.25) is 0 Å². The number of rotatable bonds is 5. The topological polar surface area (TPSA) is 35.2 Å². The smallest absolute Gasteiger partial charge is 0.0669 e. The van der Waals surface area contributed by atoms with Gasteiger partial charge in [0.25, 0.3) is 0 Å². The van der Waals surface area contributed by atoms with Crippen LogP contribution in [-0.2, 0) is 4.74 Å². The molecule has 1 fully saturated rings. The summed E-state index contributed by atoms with van der Waals surface area (Å²) in [5, 5.41) is 0. The van der Waals surface area contributed by atoms with Crippen LogP contribution in [-0.4, -0.2) is 19.3 Å². The molecule has 0 aromatic heterocycles. The average Bonchev–Trinajstić information content (AvgIpc) is 1.94. The third kappa shape index (κ3) is 3.21. The van der Waals surface area contributed by atoms with E-state index in [9.17, 15) is 0 Å². The molecule has 1 aliphatic carbocycles. The fourth-order valence-electron chi connectivity index (χ4n) is 1.29. The highest BCUT2D eigenvalue weighted by Crippen LogP contribution is 2.29. The highest BCUT2D eigenvalue weighted by Gasteiger charge is 2.16. The van der Waals surface area contributed by atoms with E-state index in [-0.39, 0.29) is 6.10 Å². The number of nitrogens with two attached hydrogens (primary N) is 1. The molecule has 66 valence electrons. The molecule has 1 atom stereocenters. The molecule has 2 nitrogen and oxygen atoms in total. The van der Waals surface area contributed by atoms with Crippen molar-refractivity contribution >= 4 is 0 Å². The Morgan fingerprint density at radius 2 is 2.27 bits per heavy atom. The summed E-state index contributed by atoms with van der Waals surface area (Å²) in [6, 6.07) is 0. The van der Waals surface area contributed by atoms with Crippen molar-refractivity contribution in [2.75, 3.05) is 13.2 Å². The van der Waals surface area contributed by atoms with Crippen LogP contribution in [0.5, 0.6) is 0 Å². The third-order valence-corrected chi connectivity index (χ3v) is 2.49. The van der Waals surface area contributed by atoms with Crippen LogP contribution in [0.15, 0.2) is 0 Å². The molecule has 0 radical (unpaired) electrons. The van der Waals surface area contributed by atoms with Gasteiger partial charge in [-0.15, -0.1) is 0 Å². The molecule has 0 heterocycles. The maximum Gasteiger partial charge on any atom is 0.0669 e. The highest BCUT2D eigenvalue weighted by atomic mass is 16.5. The minimum Gasteiger partial charge on any atom is -0.377 e. The molecule has 0 bridgehead atoms. The van der Waals surface area contributed by atoms with Crippen molar-refractivity contribution in [1.29, 1.82) is 0 Å². The van der Waals surface area contributed by atoms with Gasteiger partial charge < -0.3 is 10.5 Å². The monoisotopic (exact) mass is 157 g/mol. The zero-order valence-corrected chi connectivity index (χ0v) is 7.38. The van der Waals surface area contributed by atoms with Crippen LogP contribution in [0, 0.1) is 5.92 Å². The predicted octanol–water partition coefficient (Wildman–Crippen LogP) is 1.54. The molecule has 1 unspecified atom stereocenters. The van der Waals surface area contributed by atoms with Crippen molar-refractivity contribution in [3.05, 3.63) is 0 Å². The molecule has 0 aromatic rings. The summed E-state index contributed by atoms with van der Waals surface area (Å²) < 4.78 is 5.47. The molecule has 11 heavy (non-hydrogen) atoms. The zero-order chi connectivity index (χ0) is 8.10. The van der Waals surface area contributed by atoms with Crippen molar-refractivity contribution in [2.45, 2.75) is 38.7 Å². The second-order valence-corrected chi connectivity index (χ2v) is 3.50. The maximum absolute atomic E-state index is 5.47. The third-order valence-electron chi connectivity index (χ3n) is 2.49. The van der Waals surface area contributed by atoms with E-state index >= 15 is 0 Å².